The molecule has 0 radical (unpaired) electrons. The molecule has 1 saturated carbocycles. The second-order valence-electron chi connectivity index (χ2n) is 9.89. The van der Waals surface area contributed by atoms with Crippen LogP contribution in [0.25, 0.3) is 16.9 Å². The molecule has 0 bridgehead atoms. The fraction of sp³-hybridized carbons (Fsp3) is 0.393. The van der Waals surface area contributed by atoms with Gasteiger partial charge in [-0.2, -0.15) is 0 Å². The highest BCUT2D eigenvalue weighted by atomic mass is 16.2. The molecule has 0 spiro atoms. The number of aromatic nitrogens is 2. The molecule has 0 unspecified atom stereocenters. The summed E-state index contributed by atoms with van der Waals surface area (Å²) in [7, 11) is 0. The Hall–Kier alpha value is -3.41. The van der Waals surface area contributed by atoms with Crippen LogP contribution in [0.2, 0.25) is 0 Å². The number of hydrogen-bond donors (Lipinski definition) is 1. The van der Waals surface area contributed by atoms with Crippen LogP contribution in [0.5, 0.6) is 0 Å². The largest absolute Gasteiger partial charge is 0.333 e. The summed E-state index contributed by atoms with van der Waals surface area (Å²) in [5.74, 6) is 1.04. The lowest BCUT2D eigenvalue weighted by atomic mass is 10.1. The van der Waals surface area contributed by atoms with Crippen LogP contribution in [0.4, 0.5) is 5.95 Å². The van der Waals surface area contributed by atoms with Gasteiger partial charge in [0.25, 0.3) is 0 Å². The van der Waals surface area contributed by atoms with Crippen LogP contribution in [0.15, 0.2) is 54.7 Å². The van der Waals surface area contributed by atoms with Gasteiger partial charge in [-0.05, 0) is 50.7 Å². The molecule has 0 saturated heterocycles. The first kappa shape index (κ1) is 23.7. The Morgan fingerprint density at radius 3 is 2.24 bits per heavy atom. The van der Waals surface area contributed by atoms with E-state index in [0.29, 0.717) is 24.8 Å². The van der Waals surface area contributed by atoms with E-state index in [0.717, 1.165) is 35.3 Å². The van der Waals surface area contributed by atoms with Gasteiger partial charge in [-0.15, -0.1) is 0 Å². The number of nitrogens with one attached hydrogen (secondary N) is 1. The number of carbonyl (C=O) groups is 2. The predicted molar refractivity (Wildman–Crippen MR) is 136 cm³/mol. The maximum absolute atomic E-state index is 13.1. The first-order valence-electron chi connectivity index (χ1n) is 12.1. The van der Waals surface area contributed by atoms with E-state index < -0.39 is 0 Å². The van der Waals surface area contributed by atoms with Crippen LogP contribution in [-0.2, 0) is 9.59 Å². The molecule has 2 amide bonds. The molecule has 6 heteroatoms. The molecular weight excluding hydrogens is 424 g/mol. The zero-order chi connectivity index (χ0) is 24.2. The SMILES string of the molecule is Cc1ccc(-c2cn(-c3ccc(C)cc3)c(NC(=O)CN(CC3CC3)C(=O)CC(C)C)n2)cc1. The van der Waals surface area contributed by atoms with Crippen molar-refractivity contribution in [1.29, 1.82) is 0 Å². The average Bonchev–Trinajstić information content (AvgIpc) is 3.51. The maximum atomic E-state index is 13.1. The first-order valence-corrected chi connectivity index (χ1v) is 12.1. The number of imidazole rings is 1. The molecule has 3 aromatic rings. The highest BCUT2D eigenvalue weighted by Crippen LogP contribution is 2.30. The third kappa shape index (κ3) is 6.13. The number of rotatable bonds is 9. The van der Waals surface area contributed by atoms with Gasteiger partial charge >= 0.3 is 0 Å². The molecule has 1 aromatic heterocycles. The van der Waals surface area contributed by atoms with Crippen molar-refractivity contribution in [3.8, 4) is 16.9 Å². The Balaban J connectivity index is 1.58. The van der Waals surface area contributed by atoms with Gasteiger partial charge in [0, 0.05) is 30.4 Å². The topological polar surface area (TPSA) is 67.2 Å². The van der Waals surface area contributed by atoms with Crippen LogP contribution in [0.3, 0.4) is 0 Å². The summed E-state index contributed by atoms with van der Waals surface area (Å²) in [6.45, 7) is 8.84. The van der Waals surface area contributed by atoms with Gasteiger partial charge in [0.1, 0.15) is 0 Å². The molecule has 34 heavy (non-hydrogen) atoms. The third-order valence-corrected chi connectivity index (χ3v) is 6.06. The van der Waals surface area contributed by atoms with Crippen LogP contribution in [0, 0.1) is 25.7 Å². The number of benzene rings is 2. The summed E-state index contributed by atoms with van der Waals surface area (Å²) in [6.07, 6.45) is 4.65. The average molecular weight is 459 g/mol. The lowest BCUT2D eigenvalue weighted by Crippen LogP contribution is -2.40. The summed E-state index contributed by atoms with van der Waals surface area (Å²) in [4.78, 5) is 32.3. The summed E-state index contributed by atoms with van der Waals surface area (Å²) in [5, 5.41) is 2.98. The van der Waals surface area contributed by atoms with Crippen molar-refractivity contribution >= 4 is 17.8 Å². The second kappa shape index (κ2) is 10.2. The number of amides is 2. The monoisotopic (exact) mass is 458 g/mol. The van der Waals surface area contributed by atoms with Crippen molar-refractivity contribution in [2.24, 2.45) is 11.8 Å². The van der Waals surface area contributed by atoms with E-state index in [1.54, 1.807) is 4.90 Å². The van der Waals surface area contributed by atoms with Crippen LogP contribution >= 0.6 is 0 Å². The van der Waals surface area contributed by atoms with Crippen molar-refractivity contribution in [3.05, 3.63) is 65.9 Å². The van der Waals surface area contributed by atoms with Gasteiger partial charge in [-0.25, -0.2) is 4.98 Å². The van der Waals surface area contributed by atoms with E-state index >= 15 is 0 Å². The zero-order valence-corrected chi connectivity index (χ0v) is 20.5. The second-order valence-corrected chi connectivity index (χ2v) is 9.89. The molecular formula is C28H34N4O2. The van der Waals surface area contributed by atoms with E-state index in [1.807, 2.05) is 74.9 Å². The highest BCUT2D eigenvalue weighted by molar-refractivity contribution is 5.94. The first-order chi connectivity index (χ1) is 16.3. The Bertz CT molecular complexity index is 1140. The molecule has 4 rings (SSSR count). The van der Waals surface area contributed by atoms with Crippen molar-refractivity contribution in [1.82, 2.24) is 14.5 Å². The fourth-order valence-corrected chi connectivity index (χ4v) is 3.92. The minimum Gasteiger partial charge on any atom is -0.333 e. The number of carbonyl (C=O) groups excluding carboxylic acids is 2. The smallest absolute Gasteiger partial charge is 0.246 e. The van der Waals surface area contributed by atoms with Crippen LogP contribution < -0.4 is 5.32 Å². The van der Waals surface area contributed by atoms with E-state index in [1.165, 1.54) is 5.56 Å². The van der Waals surface area contributed by atoms with E-state index in [-0.39, 0.29) is 24.3 Å². The van der Waals surface area contributed by atoms with Crippen molar-refractivity contribution < 1.29 is 9.59 Å². The zero-order valence-electron chi connectivity index (χ0n) is 20.5. The number of hydrogen-bond acceptors (Lipinski definition) is 3. The lowest BCUT2D eigenvalue weighted by molar-refractivity contribution is -0.135. The van der Waals surface area contributed by atoms with Crippen molar-refractivity contribution in [2.75, 3.05) is 18.4 Å². The quantitative estimate of drug-likeness (QED) is 0.468. The Morgan fingerprint density at radius 2 is 1.65 bits per heavy atom. The molecule has 1 aliphatic carbocycles. The molecule has 1 fully saturated rings. The molecule has 0 aliphatic heterocycles. The standard InChI is InChI=1S/C28H34N4O2/c1-19(2)15-27(34)31(16-22-9-10-22)18-26(33)30-28-29-25(23-11-5-20(3)6-12-23)17-32(28)24-13-7-21(4)8-14-24/h5-8,11-14,17,19,22H,9-10,15-16,18H2,1-4H3,(H,29,30,33). The Labute approximate surface area is 202 Å². The van der Waals surface area contributed by atoms with E-state index in [2.05, 4.69) is 17.4 Å². The number of nitrogens with zero attached hydrogens (tertiary/aromatic N) is 3. The molecule has 2 aromatic carbocycles. The van der Waals surface area contributed by atoms with Gasteiger partial charge in [-0.3, -0.25) is 19.5 Å². The van der Waals surface area contributed by atoms with E-state index in [9.17, 15) is 9.59 Å². The molecule has 0 atom stereocenters. The van der Waals surface area contributed by atoms with Gasteiger partial charge in [0.05, 0.1) is 12.2 Å². The predicted octanol–water partition coefficient (Wildman–Crippen LogP) is 5.38. The van der Waals surface area contributed by atoms with Crippen molar-refractivity contribution in [2.45, 2.75) is 47.0 Å². The minimum atomic E-state index is -0.229. The summed E-state index contributed by atoms with van der Waals surface area (Å²) < 4.78 is 1.90. The third-order valence-electron chi connectivity index (χ3n) is 6.06. The Morgan fingerprint density at radius 1 is 1.03 bits per heavy atom. The van der Waals surface area contributed by atoms with Gasteiger partial charge in [-0.1, -0.05) is 61.4 Å². The molecule has 1 heterocycles. The maximum Gasteiger partial charge on any atom is 0.246 e. The van der Waals surface area contributed by atoms with Crippen LogP contribution in [-0.4, -0.2) is 39.4 Å². The van der Waals surface area contributed by atoms with Gasteiger partial charge in [0.2, 0.25) is 17.8 Å². The summed E-state index contributed by atoms with van der Waals surface area (Å²) >= 11 is 0. The summed E-state index contributed by atoms with van der Waals surface area (Å²) in [5.41, 5.74) is 5.01. The number of aryl methyl sites for hydroxylation is 2. The summed E-state index contributed by atoms with van der Waals surface area (Å²) in [6, 6.07) is 16.3. The lowest BCUT2D eigenvalue weighted by Gasteiger charge is -2.23. The van der Waals surface area contributed by atoms with Crippen molar-refractivity contribution in [3.63, 3.8) is 0 Å². The molecule has 6 nitrogen and oxygen atoms in total. The number of anilines is 1. The normalized spacial score (nSPS) is 13.2. The fourth-order valence-electron chi connectivity index (χ4n) is 3.92. The molecule has 1 N–H and O–H groups in total. The molecule has 1 aliphatic rings. The molecule has 178 valence electrons. The highest BCUT2D eigenvalue weighted by Gasteiger charge is 2.28. The van der Waals surface area contributed by atoms with E-state index in [4.69, 9.17) is 4.98 Å². The van der Waals surface area contributed by atoms with Gasteiger partial charge in [0.15, 0.2) is 0 Å². The van der Waals surface area contributed by atoms with Crippen LogP contribution in [0.1, 0.15) is 44.2 Å². The van der Waals surface area contributed by atoms with Gasteiger partial charge < -0.3 is 4.90 Å². The Kier molecular flexibility index (Phi) is 7.15. The minimum absolute atomic E-state index is 0.0410.